The topological polar surface area (TPSA) is 87.6 Å². The van der Waals surface area contributed by atoms with Gasteiger partial charge >= 0.3 is 6.03 Å². The van der Waals surface area contributed by atoms with Crippen LogP contribution >= 0.6 is 0 Å². The zero-order valence-corrected chi connectivity index (χ0v) is 16.9. The fraction of sp³-hybridized carbons (Fsp3) is 0.261. The lowest BCUT2D eigenvalue weighted by atomic mass is 9.85. The highest BCUT2D eigenvalue weighted by Gasteiger charge is 2.25. The van der Waals surface area contributed by atoms with Crippen molar-refractivity contribution in [2.45, 2.75) is 37.6 Å². The van der Waals surface area contributed by atoms with E-state index < -0.39 is 0 Å². The lowest BCUT2D eigenvalue weighted by Crippen LogP contribution is -2.39. The van der Waals surface area contributed by atoms with Crippen LogP contribution in [0.4, 0.5) is 14.9 Å². The van der Waals surface area contributed by atoms with Crippen LogP contribution in [-0.2, 0) is 0 Å². The normalized spacial score (nSPS) is 18.7. The zero-order valence-electron chi connectivity index (χ0n) is 16.9. The van der Waals surface area contributed by atoms with Crippen LogP contribution in [0.1, 0.15) is 37.4 Å². The van der Waals surface area contributed by atoms with E-state index in [0.29, 0.717) is 17.3 Å². The van der Waals surface area contributed by atoms with Crippen molar-refractivity contribution in [3.63, 3.8) is 0 Å². The lowest BCUT2D eigenvalue weighted by Gasteiger charge is -2.28. The van der Waals surface area contributed by atoms with Gasteiger partial charge in [0.1, 0.15) is 17.3 Å². The Morgan fingerprint density at radius 3 is 2.65 bits per heavy atom. The summed E-state index contributed by atoms with van der Waals surface area (Å²) in [6, 6.07) is 14.3. The Balaban J connectivity index is 1.15. The average Bonchev–Trinajstić information content (AvgIpc) is 3.41. The van der Waals surface area contributed by atoms with E-state index in [2.05, 4.69) is 20.7 Å². The number of benzene rings is 2. The third kappa shape index (κ3) is 4.14. The van der Waals surface area contributed by atoms with Crippen LogP contribution in [-0.4, -0.2) is 31.8 Å². The van der Waals surface area contributed by atoms with Crippen LogP contribution in [0.25, 0.3) is 16.7 Å². The summed E-state index contributed by atoms with van der Waals surface area (Å²) in [4.78, 5) is 20.6. The number of urea groups is 1. The van der Waals surface area contributed by atoms with Crippen molar-refractivity contribution in [3.8, 4) is 5.69 Å². The van der Waals surface area contributed by atoms with Crippen molar-refractivity contribution < 1.29 is 9.18 Å². The minimum absolute atomic E-state index is 0.113. The van der Waals surface area contributed by atoms with E-state index in [1.807, 2.05) is 24.3 Å². The fourth-order valence-electron chi connectivity index (χ4n) is 4.19. The minimum atomic E-state index is -0.372. The number of hydrogen-bond acceptors (Lipinski definition) is 3. The summed E-state index contributed by atoms with van der Waals surface area (Å²) in [6.07, 6.45) is 6.82. The first-order valence-corrected chi connectivity index (χ1v) is 10.5. The molecule has 1 fully saturated rings. The largest absolute Gasteiger partial charge is 0.342 e. The van der Waals surface area contributed by atoms with Gasteiger partial charge in [0.25, 0.3) is 0 Å². The van der Waals surface area contributed by atoms with Gasteiger partial charge in [0, 0.05) is 12.0 Å². The molecule has 8 heteroatoms. The van der Waals surface area contributed by atoms with Crippen molar-refractivity contribution in [2.75, 3.05) is 5.32 Å². The molecular formula is C23H23FN6O. The Kier molecular flexibility index (Phi) is 5.11. The van der Waals surface area contributed by atoms with E-state index in [1.165, 1.54) is 16.9 Å². The van der Waals surface area contributed by atoms with Crippen LogP contribution < -0.4 is 10.6 Å². The molecule has 2 aromatic heterocycles. The molecule has 4 aromatic rings. The molecule has 0 radical (unpaired) electrons. The van der Waals surface area contributed by atoms with E-state index in [9.17, 15) is 9.18 Å². The molecule has 1 aliphatic carbocycles. The fourth-order valence-corrected chi connectivity index (χ4v) is 4.19. The molecule has 158 valence electrons. The summed E-state index contributed by atoms with van der Waals surface area (Å²) in [6.45, 7) is 0. The number of nitrogens with one attached hydrogen (secondary N) is 3. The highest BCUT2D eigenvalue weighted by Crippen LogP contribution is 2.32. The highest BCUT2D eigenvalue weighted by atomic mass is 19.1. The number of aromatic amines is 1. The summed E-state index contributed by atoms with van der Waals surface area (Å²) in [7, 11) is 0. The van der Waals surface area contributed by atoms with Crippen molar-refractivity contribution in [3.05, 3.63) is 72.6 Å². The summed E-state index contributed by atoms with van der Waals surface area (Å²) < 4.78 is 15.3. The second kappa shape index (κ2) is 8.22. The number of amides is 2. The molecule has 2 aromatic carbocycles. The Hall–Kier alpha value is -3.68. The molecule has 5 rings (SSSR count). The first-order chi connectivity index (χ1) is 15.2. The number of H-pyrrole nitrogens is 1. The Morgan fingerprint density at radius 1 is 1.06 bits per heavy atom. The van der Waals surface area contributed by atoms with E-state index >= 15 is 0 Å². The SMILES string of the molecule is O=C(Nc1cnn(-c2ccccc2F)c1)NC1CCC(c2nc3ccccc3[nH]2)CC1. The van der Waals surface area contributed by atoms with Crippen LogP contribution in [0.2, 0.25) is 0 Å². The zero-order chi connectivity index (χ0) is 21.2. The smallest absolute Gasteiger partial charge is 0.319 e. The number of imidazole rings is 1. The second-order valence-electron chi connectivity index (χ2n) is 7.91. The average molecular weight is 418 g/mol. The number of carbonyl (C=O) groups excluding carboxylic acids is 1. The maximum Gasteiger partial charge on any atom is 0.319 e. The number of nitrogens with zero attached hydrogens (tertiary/aromatic N) is 3. The maximum absolute atomic E-state index is 13.9. The van der Waals surface area contributed by atoms with Crippen LogP contribution in [0, 0.1) is 5.82 Å². The highest BCUT2D eigenvalue weighted by molar-refractivity contribution is 5.89. The van der Waals surface area contributed by atoms with Crippen molar-refractivity contribution in [1.82, 2.24) is 25.1 Å². The minimum Gasteiger partial charge on any atom is -0.342 e. The van der Waals surface area contributed by atoms with Gasteiger partial charge in [-0.15, -0.1) is 0 Å². The third-order valence-corrected chi connectivity index (χ3v) is 5.80. The van der Waals surface area contributed by atoms with Crippen molar-refractivity contribution in [1.29, 1.82) is 0 Å². The first kappa shape index (κ1) is 19.3. The van der Waals surface area contributed by atoms with Gasteiger partial charge in [0.15, 0.2) is 0 Å². The summed E-state index contributed by atoms with van der Waals surface area (Å²) >= 11 is 0. The molecule has 2 heterocycles. The number of fused-ring (bicyclic) bond motifs is 1. The summed E-state index contributed by atoms with van der Waals surface area (Å²) in [5.41, 5.74) is 2.90. The third-order valence-electron chi connectivity index (χ3n) is 5.80. The molecule has 1 saturated carbocycles. The van der Waals surface area contributed by atoms with E-state index in [-0.39, 0.29) is 17.9 Å². The number of rotatable bonds is 4. The van der Waals surface area contributed by atoms with Crippen LogP contribution in [0.5, 0.6) is 0 Å². The summed E-state index contributed by atoms with van der Waals surface area (Å²) in [5, 5.41) is 9.95. The van der Waals surface area contributed by atoms with Gasteiger partial charge in [-0.2, -0.15) is 5.10 Å². The van der Waals surface area contributed by atoms with Gasteiger partial charge in [0.05, 0.1) is 29.1 Å². The predicted octanol–water partition coefficient (Wildman–Crippen LogP) is 4.74. The molecule has 3 N–H and O–H groups in total. The number of aromatic nitrogens is 4. The van der Waals surface area contributed by atoms with E-state index in [4.69, 9.17) is 4.98 Å². The Bertz CT molecular complexity index is 1170. The van der Waals surface area contributed by atoms with Crippen molar-refractivity contribution >= 4 is 22.8 Å². The number of halogens is 1. The molecule has 0 spiro atoms. The predicted molar refractivity (Wildman–Crippen MR) is 117 cm³/mol. The van der Waals surface area contributed by atoms with Crippen LogP contribution in [0.3, 0.4) is 0 Å². The number of hydrogen-bond donors (Lipinski definition) is 3. The van der Waals surface area contributed by atoms with Gasteiger partial charge < -0.3 is 15.6 Å². The Morgan fingerprint density at radius 2 is 1.84 bits per heavy atom. The first-order valence-electron chi connectivity index (χ1n) is 10.5. The molecule has 0 bridgehead atoms. The second-order valence-corrected chi connectivity index (χ2v) is 7.91. The number of carbonyl (C=O) groups is 1. The number of para-hydroxylation sites is 3. The van der Waals surface area contributed by atoms with Gasteiger partial charge in [-0.3, -0.25) is 0 Å². The number of anilines is 1. The van der Waals surface area contributed by atoms with Gasteiger partial charge in [-0.05, 0) is 49.9 Å². The molecule has 0 aliphatic heterocycles. The molecular weight excluding hydrogens is 395 g/mol. The van der Waals surface area contributed by atoms with Gasteiger partial charge in [-0.1, -0.05) is 24.3 Å². The molecule has 1 aliphatic rings. The molecule has 7 nitrogen and oxygen atoms in total. The maximum atomic E-state index is 13.9. The monoisotopic (exact) mass is 418 g/mol. The molecule has 31 heavy (non-hydrogen) atoms. The van der Waals surface area contributed by atoms with Gasteiger partial charge in [0.2, 0.25) is 0 Å². The molecule has 0 atom stereocenters. The molecule has 0 unspecified atom stereocenters. The Labute approximate surface area is 178 Å². The van der Waals surface area contributed by atoms with Crippen molar-refractivity contribution in [2.24, 2.45) is 0 Å². The summed E-state index contributed by atoms with van der Waals surface area (Å²) in [5.74, 6) is 1.04. The van der Waals surface area contributed by atoms with Crippen LogP contribution in [0.15, 0.2) is 60.9 Å². The lowest BCUT2D eigenvalue weighted by molar-refractivity contribution is 0.242. The quantitative estimate of drug-likeness (QED) is 0.447. The van der Waals surface area contributed by atoms with E-state index in [1.54, 1.807) is 24.4 Å². The van der Waals surface area contributed by atoms with Gasteiger partial charge in [-0.25, -0.2) is 18.9 Å². The standard InChI is InChI=1S/C23H23FN6O/c24-18-5-1-4-8-21(18)30-14-17(13-25-30)27-23(31)26-16-11-9-15(10-12-16)22-28-19-6-2-3-7-20(19)29-22/h1-8,13-16H,9-12H2,(H,28,29)(H2,26,27,31). The van der Waals surface area contributed by atoms with E-state index in [0.717, 1.165) is 42.5 Å². The molecule has 2 amide bonds. The molecule has 0 saturated heterocycles.